The Kier molecular flexibility index (Phi) is 3.07. The third-order valence-corrected chi connectivity index (χ3v) is 3.40. The van der Waals surface area contributed by atoms with Gasteiger partial charge in [-0.2, -0.15) is 0 Å². The number of methoxy groups -OCH3 is 1. The van der Waals surface area contributed by atoms with Gasteiger partial charge in [-0.3, -0.25) is 10.1 Å². The minimum atomic E-state index is -0.565. The molecule has 1 aromatic heterocycles. The molecule has 7 heteroatoms. The van der Waals surface area contributed by atoms with E-state index in [9.17, 15) is 10.1 Å². The van der Waals surface area contributed by atoms with Crippen LogP contribution in [-0.2, 0) is 16.5 Å². The average Bonchev–Trinajstić information content (AvgIpc) is 3.05. The Balaban J connectivity index is 2.32. The number of hydrogen-bond donors (Lipinski definition) is 0. The van der Waals surface area contributed by atoms with E-state index in [2.05, 4.69) is 0 Å². The molecule has 0 aliphatic carbocycles. The van der Waals surface area contributed by atoms with Crippen molar-refractivity contribution in [1.29, 1.82) is 0 Å². The molecule has 1 aliphatic rings. The summed E-state index contributed by atoms with van der Waals surface area (Å²) in [5, 5.41) is 11.9. The van der Waals surface area contributed by atoms with Crippen LogP contribution in [0.15, 0.2) is 18.3 Å². The maximum atomic E-state index is 11.4. The fourth-order valence-corrected chi connectivity index (χ4v) is 2.55. The molecule has 1 saturated heterocycles. The zero-order valence-electron chi connectivity index (χ0n) is 11.2. The predicted octanol–water partition coefficient (Wildman–Crippen LogP) is 2.14. The highest BCUT2D eigenvalue weighted by Gasteiger charge is 2.30. The number of aryl methyl sites for hydroxylation is 1. The summed E-state index contributed by atoms with van der Waals surface area (Å²) in [6.45, 7) is 0.970. The van der Waals surface area contributed by atoms with Crippen molar-refractivity contribution in [3.05, 3.63) is 34.0 Å². The van der Waals surface area contributed by atoms with Gasteiger partial charge in [0, 0.05) is 18.8 Å². The van der Waals surface area contributed by atoms with Crippen LogP contribution in [0.5, 0.6) is 5.75 Å². The molecule has 2 aromatic rings. The van der Waals surface area contributed by atoms with E-state index < -0.39 is 11.2 Å². The van der Waals surface area contributed by atoms with Crippen molar-refractivity contribution in [3.8, 4) is 5.75 Å². The third kappa shape index (κ3) is 1.83. The molecular formula is C13H14N2O5. The van der Waals surface area contributed by atoms with Crippen LogP contribution >= 0.6 is 0 Å². The Hall–Kier alpha value is -2.12. The molecule has 1 fully saturated rings. The van der Waals surface area contributed by atoms with Crippen LogP contribution in [0.3, 0.4) is 0 Å². The number of nitrogens with zero attached hydrogens (tertiary/aromatic N) is 2. The SMILES string of the molecule is COc1ccc2c(c(C3OCCO3)cn2C)c1[N+](=O)[O-]. The highest BCUT2D eigenvalue weighted by molar-refractivity contribution is 5.95. The molecule has 0 spiro atoms. The Labute approximate surface area is 114 Å². The Bertz CT molecular complexity index is 673. The molecule has 0 saturated carbocycles. The number of nitro benzene ring substituents is 1. The van der Waals surface area contributed by atoms with Gasteiger partial charge in [-0.15, -0.1) is 0 Å². The van der Waals surface area contributed by atoms with E-state index in [4.69, 9.17) is 14.2 Å². The van der Waals surface area contributed by atoms with E-state index in [0.717, 1.165) is 5.52 Å². The van der Waals surface area contributed by atoms with Crippen molar-refractivity contribution < 1.29 is 19.1 Å². The summed E-state index contributed by atoms with van der Waals surface area (Å²) in [7, 11) is 3.25. The molecule has 0 bridgehead atoms. The summed E-state index contributed by atoms with van der Waals surface area (Å²) < 4.78 is 17.9. The summed E-state index contributed by atoms with van der Waals surface area (Å²) in [6, 6.07) is 3.39. The van der Waals surface area contributed by atoms with Crippen molar-refractivity contribution >= 4 is 16.6 Å². The molecule has 1 aliphatic heterocycles. The summed E-state index contributed by atoms with van der Waals surface area (Å²) in [5.74, 6) is 0.230. The molecule has 0 atom stereocenters. The average molecular weight is 278 g/mol. The van der Waals surface area contributed by atoms with Gasteiger partial charge in [0.25, 0.3) is 0 Å². The number of nitro groups is 1. The predicted molar refractivity (Wildman–Crippen MR) is 70.8 cm³/mol. The van der Waals surface area contributed by atoms with Crippen molar-refractivity contribution in [3.63, 3.8) is 0 Å². The standard InChI is InChI=1S/C13H14N2O5/c1-14-7-8(13-19-5-6-20-13)11-9(14)3-4-10(18-2)12(11)15(16)17/h3-4,7,13H,5-6H2,1-2H3. The molecule has 20 heavy (non-hydrogen) atoms. The van der Waals surface area contributed by atoms with Crippen molar-refractivity contribution in [2.24, 2.45) is 7.05 Å². The zero-order chi connectivity index (χ0) is 14.3. The highest BCUT2D eigenvalue weighted by Crippen LogP contribution is 2.41. The lowest BCUT2D eigenvalue weighted by atomic mass is 10.1. The topological polar surface area (TPSA) is 75.8 Å². The summed E-state index contributed by atoms with van der Waals surface area (Å²) in [5.41, 5.74) is 1.34. The van der Waals surface area contributed by atoms with Crippen LogP contribution in [-0.4, -0.2) is 29.8 Å². The van der Waals surface area contributed by atoms with E-state index in [1.54, 1.807) is 18.3 Å². The molecule has 2 heterocycles. The largest absolute Gasteiger partial charge is 0.490 e. The first kappa shape index (κ1) is 12.9. The number of fused-ring (bicyclic) bond motifs is 1. The van der Waals surface area contributed by atoms with E-state index in [-0.39, 0.29) is 11.4 Å². The lowest BCUT2D eigenvalue weighted by molar-refractivity contribution is -0.384. The van der Waals surface area contributed by atoms with E-state index in [0.29, 0.717) is 24.2 Å². The Morgan fingerprint density at radius 2 is 2.10 bits per heavy atom. The number of aromatic nitrogens is 1. The second-order valence-electron chi connectivity index (χ2n) is 4.54. The van der Waals surface area contributed by atoms with Gasteiger partial charge >= 0.3 is 5.69 Å². The normalized spacial score (nSPS) is 15.9. The van der Waals surface area contributed by atoms with Gasteiger partial charge < -0.3 is 18.8 Å². The molecule has 0 unspecified atom stereocenters. The zero-order valence-corrected chi connectivity index (χ0v) is 11.2. The van der Waals surface area contributed by atoms with Crippen LogP contribution in [0.2, 0.25) is 0 Å². The Morgan fingerprint density at radius 1 is 1.40 bits per heavy atom. The van der Waals surface area contributed by atoms with Crippen LogP contribution < -0.4 is 4.74 Å². The van der Waals surface area contributed by atoms with Gasteiger partial charge in [-0.25, -0.2) is 0 Å². The number of hydrogen-bond acceptors (Lipinski definition) is 5. The molecule has 7 nitrogen and oxygen atoms in total. The van der Waals surface area contributed by atoms with Crippen LogP contribution in [0.1, 0.15) is 11.9 Å². The summed E-state index contributed by atoms with van der Waals surface area (Å²) >= 11 is 0. The number of benzene rings is 1. The monoisotopic (exact) mass is 278 g/mol. The quantitative estimate of drug-likeness (QED) is 0.635. The van der Waals surface area contributed by atoms with Gasteiger partial charge in [0.1, 0.15) is 0 Å². The van der Waals surface area contributed by atoms with Gasteiger partial charge in [-0.1, -0.05) is 0 Å². The molecule has 1 aromatic carbocycles. The highest BCUT2D eigenvalue weighted by atomic mass is 16.7. The molecule has 0 N–H and O–H groups in total. The lowest BCUT2D eigenvalue weighted by Crippen LogP contribution is -2.00. The Morgan fingerprint density at radius 3 is 2.70 bits per heavy atom. The number of rotatable bonds is 3. The van der Waals surface area contributed by atoms with Crippen LogP contribution in [0, 0.1) is 10.1 Å². The summed E-state index contributed by atoms with van der Waals surface area (Å²) in [6.07, 6.45) is 1.23. The van der Waals surface area contributed by atoms with E-state index in [1.165, 1.54) is 7.11 Å². The van der Waals surface area contributed by atoms with Crippen LogP contribution in [0.25, 0.3) is 10.9 Å². The second-order valence-corrected chi connectivity index (χ2v) is 4.54. The van der Waals surface area contributed by atoms with Crippen LogP contribution in [0.4, 0.5) is 5.69 Å². The van der Waals surface area contributed by atoms with Crippen molar-refractivity contribution in [2.45, 2.75) is 6.29 Å². The van der Waals surface area contributed by atoms with Gasteiger partial charge in [-0.05, 0) is 12.1 Å². The molecule has 0 radical (unpaired) electrons. The molecular weight excluding hydrogens is 264 g/mol. The summed E-state index contributed by atoms with van der Waals surface area (Å²) in [4.78, 5) is 11.0. The first-order valence-corrected chi connectivity index (χ1v) is 6.17. The smallest absolute Gasteiger partial charge is 0.320 e. The first-order chi connectivity index (χ1) is 9.63. The second kappa shape index (κ2) is 4.77. The fraction of sp³-hybridized carbons (Fsp3) is 0.385. The van der Waals surface area contributed by atoms with Gasteiger partial charge in [0.15, 0.2) is 12.0 Å². The minimum absolute atomic E-state index is 0.0558. The van der Waals surface area contributed by atoms with Crippen molar-refractivity contribution in [2.75, 3.05) is 20.3 Å². The van der Waals surface area contributed by atoms with E-state index in [1.807, 2.05) is 11.6 Å². The minimum Gasteiger partial charge on any atom is -0.490 e. The number of ether oxygens (including phenoxy) is 3. The van der Waals surface area contributed by atoms with Gasteiger partial charge in [0.05, 0.1) is 36.1 Å². The molecule has 106 valence electrons. The molecule has 3 rings (SSSR count). The van der Waals surface area contributed by atoms with E-state index >= 15 is 0 Å². The van der Waals surface area contributed by atoms with Crippen molar-refractivity contribution in [1.82, 2.24) is 4.57 Å². The van der Waals surface area contributed by atoms with Gasteiger partial charge in [0.2, 0.25) is 0 Å². The fourth-order valence-electron chi connectivity index (χ4n) is 2.55. The maximum Gasteiger partial charge on any atom is 0.320 e. The first-order valence-electron chi connectivity index (χ1n) is 6.17. The lowest BCUT2D eigenvalue weighted by Gasteiger charge is -2.08. The third-order valence-electron chi connectivity index (χ3n) is 3.40. The molecule has 0 amide bonds. The maximum absolute atomic E-state index is 11.4.